The van der Waals surface area contributed by atoms with E-state index in [1.807, 2.05) is 24.7 Å². The van der Waals surface area contributed by atoms with E-state index in [4.69, 9.17) is 0 Å². The Morgan fingerprint density at radius 2 is 2.00 bits per heavy atom. The van der Waals surface area contributed by atoms with Crippen molar-refractivity contribution in [1.82, 2.24) is 19.5 Å². The predicted octanol–water partition coefficient (Wildman–Crippen LogP) is 3.74. The SMILES string of the molecule is Cc1cncn1C1CCN(c2ncnc3ccc(Br)cc23)CC1. The summed E-state index contributed by atoms with van der Waals surface area (Å²) >= 11 is 3.55. The van der Waals surface area contributed by atoms with E-state index in [2.05, 4.69) is 53.3 Å². The molecule has 1 aromatic carbocycles. The molecule has 0 saturated carbocycles. The molecular formula is C17H18BrN5. The van der Waals surface area contributed by atoms with Gasteiger partial charge in [0.15, 0.2) is 0 Å². The van der Waals surface area contributed by atoms with Crippen LogP contribution in [0.5, 0.6) is 0 Å². The molecule has 1 aliphatic rings. The standard InChI is InChI=1S/C17H18BrN5/c1-12-9-19-11-23(12)14-4-6-22(7-5-14)17-15-8-13(18)2-3-16(15)20-10-21-17/h2-3,8-11,14H,4-7H2,1H3. The molecule has 6 heteroatoms. The zero-order chi connectivity index (χ0) is 15.8. The van der Waals surface area contributed by atoms with Crippen LogP contribution in [0, 0.1) is 6.92 Å². The van der Waals surface area contributed by atoms with Crippen molar-refractivity contribution in [3.8, 4) is 0 Å². The molecule has 118 valence electrons. The van der Waals surface area contributed by atoms with Gasteiger partial charge in [-0.05, 0) is 38.0 Å². The summed E-state index contributed by atoms with van der Waals surface area (Å²) < 4.78 is 3.36. The van der Waals surface area contributed by atoms with Gasteiger partial charge in [0.25, 0.3) is 0 Å². The summed E-state index contributed by atoms with van der Waals surface area (Å²) in [6, 6.07) is 6.70. The molecule has 1 aliphatic heterocycles. The number of hydrogen-bond acceptors (Lipinski definition) is 4. The van der Waals surface area contributed by atoms with Gasteiger partial charge in [-0.2, -0.15) is 0 Å². The first-order chi connectivity index (χ1) is 11.2. The maximum Gasteiger partial charge on any atom is 0.139 e. The lowest BCUT2D eigenvalue weighted by molar-refractivity contribution is 0.390. The van der Waals surface area contributed by atoms with E-state index < -0.39 is 0 Å². The fraction of sp³-hybridized carbons (Fsp3) is 0.353. The minimum atomic E-state index is 0.536. The molecule has 0 radical (unpaired) electrons. The number of rotatable bonds is 2. The number of aryl methyl sites for hydroxylation is 1. The second-order valence-electron chi connectivity index (χ2n) is 6.02. The second-order valence-corrected chi connectivity index (χ2v) is 6.93. The number of imidazole rings is 1. The Morgan fingerprint density at radius 1 is 1.17 bits per heavy atom. The largest absolute Gasteiger partial charge is 0.356 e. The van der Waals surface area contributed by atoms with Crippen LogP contribution in [0.25, 0.3) is 10.9 Å². The van der Waals surface area contributed by atoms with Crippen molar-refractivity contribution < 1.29 is 0 Å². The van der Waals surface area contributed by atoms with Gasteiger partial charge in [-0.25, -0.2) is 15.0 Å². The molecule has 0 spiro atoms. The van der Waals surface area contributed by atoms with Crippen molar-refractivity contribution in [2.24, 2.45) is 0 Å². The fourth-order valence-electron chi connectivity index (χ4n) is 3.38. The molecule has 1 saturated heterocycles. The summed E-state index contributed by atoms with van der Waals surface area (Å²) in [6.45, 7) is 4.12. The molecule has 0 aliphatic carbocycles. The van der Waals surface area contributed by atoms with E-state index in [9.17, 15) is 0 Å². The average molecular weight is 372 g/mol. The zero-order valence-corrected chi connectivity index (χ0v) is 14.6. The van der Waals surface area contributed by atoms with Crippen LogP contribution < -0.4 is 4.90 Å². The summed E-state index contributed by atoms with van der Waals surface area (Å²) in [7, 11) is 0. The van der Waals surface area contributed by atoms with Gasteiger partial charge in [0, 0.05) is 40.9 Å². The molecule has 3 aromatic rings. The first kappa shape index (κ1) is 14.6. The lowest BCUT2D eigenvalue weighted by atomic mass is 10.0. The second kappa shape index (κ2) is 5.92. The summed E-state index contributed by atoms with van der Waals surface area (Å²) in [5, 5.41) is 1.11. The topological polar surface area (TPSA) is 46.8 Å². The number of halogens is 1. The molecular weight excluding hydrogens is 354 g/mol. The van der Waals surface area contributed by atoms with Crippen molar-refractivity contribution in [3.05, 3.63) is 47.2 Å². The third kappa shape index (κ3) is 2.72. The molecule has 1 fully saturated rings. The van der Waals surface area contributed by atoms with E-state index in [1.165, 1.54) is 5.69 Å². The maximum atomic E-state index is 4.55. The monoisotopic (exact) mass is 371 g/mol. The van der Waals surface area contributed by atoms with Crippen LogP contribution in [0.3, 0.4) is 0 Å². The highest BCUT2D eigenvalue weighted by Crippen LogP contribution is 2.31. The van der Waals surface area contributed by atoms with Crippen LogP contribution in [0.4, 0.5) is 5.82 Å². The normalized spacial score (nSPS) is 16.2. The fourth-order valence-corrected chi connectivity index (χ4v) is 3.74. The molecule has 4 rings (SSSR count). The third-order valence-corrected chi connectivity index (χ3v) is 5.09. The first-order valence-electron chi connectivity index (χ1n) is 7.86. The van der Waals surface area contributed by atoms with Crippen molar-refractivity contribution in [3.63, 3.8) is 0 Å². The van der Waals surface area contributed by atoms with Gasteiger partial charge in [0.2, 0.25) is 0 Å². The molecule has 23 heavy (non-hydrogen) atoms. The number of fused-ring (bicyclic) bond motifs is 1. The van der Waals surface area contributed by atoms with Gasteiger partial charge in [0.1, 0.15) is 12.1 Å². The van der Waals surface area contributed by atoms with Crippen LogP contribution in [-0.2, 0) is 0 Å². The van der Waals surface area contributed by atoms with Crippen LogP contribution in [0.1, 0.15) is 24.6 Å². The van der Waals surface area contributed by atoms with E-state index >= 15 is 0 Å². The number of hydrogen-bond donors (Lipinski definition) is 0. The van der Waals surface area contributed by atoms with Gasteiger partial charge in [-0.15, -0.1) is 0 Å². The van der Waals surface area contributed by atoms with Crippen LogP contribution in [0.2, 0.25) is 0 Å². The zero-order valence-electron chi connectivity index (χ0n) is 13.0. The summed E-state index contributed by atoms with van der Waals surface area (Å²) in [6.07, 6.45) is 7.76. The average Bonchev–Trinajstić information content (AvgIpc) is 3.00. The smallest absolute Gasteiger partial charge is 0.139 e. The molecule has 0 N–H and O–H groups in total. The molecule has 5 nitrogen and oxygen atoms in total. The van der Waals surface area contributed by atoms with Crippen LogP contribution >= 0.6 is 15.9 Å². The van der Waals surface area contributed by atoms with Crippen LogP contribution in [0.15, 0.2) is 41.5 Å². The number of aromatic nitrogens is 4. The van der Waals surface area contributed by atoms with Crippen molar-refractivity contribution in [2.45, 2.75) is 25.8 Å². The molecule has 0 atom stereocenters. The molecule has 2 aromatic heterocycles. The van der Waals surface area contributed by atoms with Gasteiger partial charge >= 0.3 is 0 Å². The highest BCUT2D eigenvalue weighted by Gasteiger charge is 2.23. The Morgan fingerprint density at radius 3 is 2.74 bits per heavy atom. The van der Waals surface area contributed by atoms with Crippen molar-refractivity contribution >= 4 is 32.7 Å². The van der Waals surface area contributed by atoms with E-state index in [0.717, 1.165) is 47.1 Å². The highest BCUT2D eigenvalue weighted by molar-refractivity contribution is 9.10. The molecule has 0 amide bonds. The lowest BCUT2D eigenvalue weighted by Gasteiger charge is -2.34. The Labute approximate surface area is 143 Å². The van der Waals surface area contributed by atoms with Crippen LogP contribution in [-0.4, -0.2) is 32.6 Å². The highest BCUT2D eigenvalue weighted by atomic mass is 79.9. The van der Waals surface area contributed by atoms with Crippen molar-refractivity contribution in [2.75, 3.05) is 18.0 Å². The predicted molar refractivity (Wildman–Crippen MR) is 94.7 cm³/mol. The Bertz CT molecular complexity index is 836. The van der Waals surface area contributed by atoms with E-state index in [-0.39, 0.29) is 0 Å². The quantitative estimate of drug-likeness (QED) is 0.688. The van der Waals surface area contributed by atoms with Gasteiger partial charge < -0.3 is 9.47 Å². The van der Waals surface area contributed by atoms with Crippen molar-refractivity contribution in [1.29, 1.82) is 0 Å². The number of piperidine rings is 1. The summed E-state index contributed by atoms with van der Waals surface area (Å²) in [5.74, 6) is 1.04. The van der Waals surface area contributed by atoms with E-state index in [1.54, 1.807) is 6.33 Å². The van der Waals surface area contributed by atoms with Gasteiger partial charge in [0.05, 0.1) is 11.8 Å². The Hall–Kier alpha value is -1.95. The Balaban J connectivity index is 1.59. The molecule has 3 heterocycles. The van der Waals surface area contributed by atoms with E-state index in [0.29, 0.717) is 6.04 Å². The van der Waals surface area contributed by atoms with Gasteiger partial charge in [-0.3, -0.25) is 0 Å². The Kier molecular flexibility index (Phi) is 3.77. The summed E-state index contributed by atoms with van der Waals surface area (Å²) in [5.41, 5.74) is 2.23. The summed E-state index contributed by atoms with van der Waals surface area (Å²) in [4.78, 5) is 15.5. The molecule has 0 unspecified atom stereocenters. The minimum absolute atomic E-state index is 0.536. The third-order valence-electron chi connectivity index (χ3n) is 4.59. The number of nitrogens with zero attached hydrogens (tertiary/aromatic N) is 5. The number of benzene rings is 1. The lowest BCUT2D eigenvalue weighted by Crippen LogP contribution is -2.35. The maximum absolute atomic E-state index is 4.55. The molecule has 0 bridgehead atoms. The number of anilines is 1. The van der Waals surface area contributed by atoms with Gasteiger partial charge in [-0.1, -0.05) is 15.9 Å². The first-order valence-corrected chi connectivity index (χ1v) is 8.65. The minimum Gasteiger partial charge on any atom is -0.356 e.